The fourth-order valence-electron chi connectivity index (χ4n) is 3.35. The van der Waals surface area contributed by atoms with Gasteiger partial charge in [0.25, 0.3) is 5.91 Å². The summed E-state index contributed by atoms with van der Waals surface area (Å²) in [5, 5.41) is 7.75. The van der Waals surface area contributed by atoms with Crippen molar-refractivity contribution in [1.29, 1.82) is 0 Å². The molecule has 1 amide bonds. The molecule has 0 radical (unpaired) electrons. The van der Waals surface area contributed by atoms with Crippen molar-refractivity contribution in [2.75, 3.05) is 7.11 Å². The summed E-state index contributed by atoms with van der Waals surface area (Å²) in [6.45, 7) is 1.93. The number of carbonyl (C=O) groups is 1. The fraction of sp³-hybridized carbons (Fsp3) is 0.125. The number of benzene rings is 2. The van der Waals surface area contributed by atoms with E-state index in [1.807, 2.05) is 73.7 Å². The van der Waals surface area contributed by atoms with Gasteiger partial charge in [-0.05, 0) is 37.3 Å². The molecule has 30 heavy (non-hydrogen) atoms. The van der Waals surface area contributed by atoms with Gasteiger partial charge >= 0.3 is 0 Å². The Kier molecular flexibility index (Phi) is 5.57. The van der Waals surface area contributed by atoms with Gasteiger partial charge in [0.15, 0.2) is 0 Å². The summed E-state index contributed by atoms with van der Waals surface area (Å²) in [7, 11) is 1.62. The number of rotatable bonds is 6. The van der Waals surface area contributed by atoms with Crippen LogP contribution in [-0.4, -0.2) is 27.8 Å². The molecule has 6 heteroatoms. The Hall–Kier alpha value is -3.93. The van der Waals surface area contributed by atoms with Crippen molar-refractivity contribution in [1.82, 2.24) is 20.1 Å². The lowest BCUT2D eigenvalue weighted by Gasteiger charge is -2.17. The highest BCUT2D eigenvalue weighted by Crippen LogP contribution is 2.27. The molecule has 1 N–H and O–H groups in total. The molecule has 0 unspecified atom stereocenters. The van der Waals surface area contributed by atoms with Crippen LogP contribution in [0.2, 0.25) is 0 Å². The molecule has 0 aliphatic heterocycles. The van der Waals surface area contributed by atoms with Crippen molar-refractivity contribution in [2.45, 2.75) is 13.0 Å². The number of nitrogens with one attached hydrogen (secondary N) is 1. The molecular formula is C24H22N4O2. The minimum atomic E-state index is -0.240. The maximum Gasteiger partial charge on any atom is 0.255 e. The monoisotopic (exact) mass is 398 g/mol. The van der Waals surface area contributed by atoms with Gasteiger partial charge in [-0.2, -0.15) is 5.10 Å². The van der Waals surface area contributed by atoms with Gasteiger partial charge in [-0.25, -0.2) is 4.68 Å². The van der Waals surface area contributed by atoms with Crippen molar-refractivity contribution < 1.29 is 9.53 Å². The van der Waals surface area contributed by atoms with Crippen LogP contribution in [0.25, 0.3) is 16.9 Å². The van der Waals surface area contributed by atoms with Gasteiger partial charge in [0.2, 0.25) is 0 Å². The summed E-state index contributed by atoms with van der Waals surface area (Å²) in [6, 6.07) is 20.8. The number of pyridine rings is 1. The van der Waals surface area contributed by atoms with Crippen LogP contribution in [0.3, 0.4) is 0 Å². The second-order valence-electron chi connectivity index (χ2n) is 6.85. The molecule has 0 aliphatic carbocycles. The SMILES string of the molecule is COc1ccccc1[C@H](C)NC(=O)c1cn(-c2ccccc2)nc1-c1cccnc1. The number of nitrogens with zero attached hydrogens (tertiary/aromatic N) is 3. The molecule has 0 saturated carbocycles. The maximum atomic E-state index is 13.2. The number of ether oxygens (including phenoxy) is 1. The number of para-hydroxylation sites is 2. The number of carbonyl (C=O) groups excluding carboxylic acids is 1. The van der Waals surface area contributed by atoms with Gasteiger partial charge in [-0.1, -0.05) is 36.4 Å². The molecule has 0 saturated heterocycles. The van der Waals surface area contributed by atoms with E-state index < -0.39 is 0 Å². The first-order valence-electron chi connectivity index (χ1n) is 9.66. The third kappa shape index (κ3) is 3.93. The highest BCUT2D eigenvalue weighted by Gasteiger charge is 2.21. The lowest BCUT2D eigenvalue weighted by atomic mass is 10.1. The average Bonchev–Trinajstić information content (AvgIpc) is 3.26. The predicted molar refractivity (Wildman–Crippen MR) is 116 cm³/mol. The summed E-state index contributed by atoms with van der Waals surface area (Å²) in [5.41, 5.74) is 3.62. The first-order valence-corrected chi connectivity index (χ1v) is 9.66. The van der Waals surface area contributed by atoms with Gasteiger partial charge in [0.1, 0.15) is 11.4 Å². The largest absolute Gasteiger partial charge is 0.496 e. The molecule has 0 spiro atoms. The smallest absolute Gasteiger partial charge is 0.255 e. The molecule has 1 atom stereocenters. The van der Waals surface area contributed by atoms with E-state index in [9.17, 15) is 4.79 Å². The van der Waals surface area contributed by atoms with Gasteiger partial charge in [-0.3, -0.25) is 9.78 Å². The summed E-state index contributed by atoms with van der Waals surface area (Å²) >= 11 is 0. The van der Waals surface area contributed by atoms with Crippen LogP contribution >= 0.6 is 0 Å². The molecule has 2 aromatic heterocycles. The van der Waals surface area contributed by atoms with Crippen LogP contribution in [0, 0.1) is 0 Å². The van der Waals surface area contributed by atoms with E-state index >= 15 is 0 Å². The Balaban J connectivity index is 1.70. The van der Waals surface area contributed by atoms with Crippen LogP contribution in [0.4, 0.5) is 0 Å². The Morgan fingerprint density at radius 1 is 1.03 bits per heavy atom. The molecular weight excluding hydrogens is 376 g/mol. The highest BCUT2D eigenvalue weighted by atomic mass is 16.5. The lowest BCUT2D eigenvalue weighted by Crippen LogP contribution is -2.27. The number of amides is 1. The molecule has 4 aromatic rings. The van der Waals surface area contributed by atoms with Crippen LogP contribution in [0.5, 0.6) is 5.75 Å². The van der Waals surface area contributed by atoms with Crippen LogP contribution in [-0.2, 0) is 0 Å². The van der Waals surface area contributed by atoms with E-state index in [1.54, 1.807) is 30.4 Å². The van der Waals surface area contributed by atoms with Gasteiger partial charge in [0, 0.05) is 29.7 Å². The number of methoxy groups -OCH3 is 1. The molecule has 0 fully saturated rings. The number of hydrogen-bond acceptors (Lipinski definition) is 4. The Labute approximate surface area is 175 Å². The van der Waals surface area contributed by atoms with E-state index in [0.717, 1.165) is 22.6 Å². The molecule has 2 aromatic carbocycles. The van der Waals surface area contributed by atoms with Crippen molar-refractivity contribution >= 4 is 5.91 Å². The van der Waals surface area contributed by atoms with E-state index in [1.165, 1.54) is 0 Å². The maximum absolute atomic E-state index is 13.2. The average molecular weight is 398 g/mol. The van der Waals surface area contributed by atoms with Crippen LogP contribution in [0.1, 0.15) is 28.9 Å². The summed E-state index contributed by atoms with van der Waals surface area (Å²) < 4.78 is 7.15. The zero-order valence-electron chi connectivity index (χ0n) is 16.8. The second kappa shape index (κ2) is 8.61. The van der Waals surface area contributed by atoms with E-state index in [-0.39, 0.29) is 11.9 Å². The normalized spacial score (nSPS) is 11.7. The number of hydrogen-bond donors (Lipinski definition) is 1. The standard InChI is InChI=1S/C24H22N4O2/c1-17(20-12-6-7-13-22(20)30-2)26-24(29)21-16-28(19-10-4-3-5-11-19)27-23(21)18-9-8-14-25-15-18/h3-17H,1-2H3,(H,26,29)/t17-/m0/s1. The van der Waals surface area contributed by atoms with E-state index in [0.29, 0.717) is 11.3 Å². The minimum absolute atomic E-state index is 0.213. The fourth-order valence-corrected chi connectivity index (χ4v) is 3.35. The Morgan fingerprint density at radius 3 is 2.53 bits per heavy atom. The first-order chi connectivity index (χ1) is 14.7. The third-order valence-electron chi connectivity index (χ3n) is 4.87. The van der Waals surface area contributed by atoms with Crippen molar-refractivity contribution in [2.24, 2.45) is 0 Å². The number of aromatic nitrogens is 3. The molecule has 0 aliphatic rings. The zero-order valence-corrected chi connectivity index (χ0v) is 16.8. The predicted octanol–water partition coefficient (Wildman–Crippen LogP) is 4.43. The molecule has 2 heterocycles. The minimum Gasteiger partial charge on any atom is -0.496 e. The van der Waals surface area contributed by atoms with Crippen molar-refractivity contribution in [3.8, 4) is 22.7 Å². The molecule has 4 rings (SSSR count). The second-order valence-corrected chi connectivity index (χ2v) is 6.85. The molecule has 150 valence electrons. The van der Waals surface area contributed by atoms with Gasteiger partial charge < -0.3 is 10.1 Å². The topological polar surface area (TPSA) is 69.0 Å². The summed E-state index contributed by atoms with van der Waals surface area (Å²) in [5.74, 6) is 0.521. The Bertz CT molecular complexity index is 1140. The summed E-state index contributed by atoms with van der Waals surface area (Å²) in [4.78, 5) is 17.4. The van der Waals surface area contributed by atoms with Crippen molar-refractivity contribution in [3.05, 3.63) is 96.4 Å². The van der Waals surface area contributed by atoms with Gasteiger partial charge in [-0.15, -0.1) is 0 Å². The molecule has 0 bridgehead atoms. The van der Waals surface area contributed by atoms with Gasteiger partial charge in [0.05, 0.1) is 24.4 Å². The van der Waals surface area contributed by atoms with Crippen molar-refractivity contribution in [3.63, 3.8) is 0 Å². The summed E-state index contributed by atoms with van der Waals surface area (Å²) in [6.07, 6.45) is 5.15. The van der Waals surface area contributed by atoms with E-state index in [4.69, 9.17) is 4.74 Å². The zero-order chi connectivity index (χ0) is 20.9. The highest BCUT2D eigenvalue weighted by molar-refractivity contribution is 6.00. The van der Waals surface area contributed by atoms with Crippen LogP contribution < -0.4 is 10.1 Å². The third-order valence-corrected chi connectivity index (χ3v) is 4.87. The molecule has 6 nitrogen and oxygen atoms in total. The van der Waals surface area contributed by atoms with E-state index in [2.05, 4.69) is 15.4 Å². The first kappa shape index (κ1) is 19.4. The quantitative estimate of drug-likeness (QED) is 0.522. The van der Waals surface area contributed by atoms with Crippen LogP contribution in [0.15, 0.2) is 85.3 Å². The Morgan fingerprint density at radius 2 is 1.80 bits per heavy atom. The lowest BCUT2D eigenvalue weighted by molar-refractivity contribution is 0.0940.